The zero-order valence-corrected chi connectivity index (χ0v) is 9.87. The van der Waals surface area contributed by atoms with E-state index in [0.29, 0.717) is 11.4 Å². The van der Waals surface area contributed by atoms with Crippen LogP contribution in [0.15, 0.2) is 48.9 Å². The van der Waals surface area contributed by atoms with Crippen LogP contribution in [-0.2, 0) is 0 Å². The third-order valence-electron chi connectivity index (χ3n) is 2.85. The number of rotatable bonds is 2. The van der Waals surface area contributed by atoms with Crippen molar-refractivity contribution in [2.45, 2.75) is 6.92 Å². The average molecular weight is 237 g/mol. The summed E-state index contributed by atoms with van der Waals surface area (Å²) in [5.74, 6) is 0.620. The van der Waals surface area contributed by atoms with Gasteiger partial charge in [0.1, 0.15) is 12.1 Å². The van der Waals surface area contributed by atoms with E-state index in [0.717, 1.165) is 11.0 Å². The van der Waals surface area contributed by atoms with Gasteiger partial charge in [0.2, 0.25) is 0 Å². The van der Waals surface area contributed by atoms with Gasteiger partial charge in [0.05, 0.1) is 16.6 Å². The zero-order valence-electron chi connectivity index (χ0n) is 9.87. The molecule has 0 aliphatic carbocycles. The Morgan fingerprint density at radius 3 is 2.78 bits per heavy atom. The number of ketones is 1. The molecule has 0 fully saturated rings. The maximum absolute atomic E-state index is 11.6. The first-order valence-corrected chi connectivity index (χ1v) is 5.66. The highest BCUT2D eigenvalue weighted by Crippen LogP contribution is 2.19. The fourth-order valence-corrected chi connectivity index (χ4v) is 1.99. The SMILES string of the molecule is CC(=O)c1cccnc1-n1cnc2ccccc21. The number of fused-ring (bicyclic) bond motifs is 1. The second kappa shape index (κ2) is 4.07. The molecule has 2 aromatic heterocycles. The van der Waals surface area contributed by atoms with Gasteiger partial charge in [-0.3, -0.25) is 9.36 Å². The minimum atomic E-state index is -0.00381. The molecular formula is C14H11N3O. The Hall–Kier alpha value is -2.49. The van der Waals surface area contributed by atoms with Gasteiger partial charge in [0.25, 0.3) is 0 Å². The second-order valence-electron chi connectivity index (χ2n) is 4.03. The number of benzene rings is 1. The van der Waals surface area contributed by atoms with Gasteiger partial charge in [-0.05, 0) is 31.2 Å². The van der Waals surface area contributed by atoms with Gasteiger partial charge >= 0.3 is 0 Å². The molecular weight excluding hydrogens is 226 g/mol. The lowest BCUT2D eigenvalue weighted by atomic mass is 10.2. The minimum absolute atomic E-state index is 0.00381. The summed E-state index contributed by atoms with van der Waals surface area (Å²) in [7, 11) is 0. The summed E-state index contributed by atoms with van der Waals surface area (Å²) in [5.41, 5.74) is 2.43. The molecule has 18 heavy (non-hydrogen) atoms. The number of carbonyl (C=O) groups excluding carboxylic acids is 1. The fraction of sp³-hybridized carbons (Fsp3) is 0.0714. The Balaban J connectivity index is 2.30. The van der Waals surface area contributed by atoms with Crippen LogP contribution in [0.3, 0.4) is 0 Å². The van der Waals surface area contributed by atoms with Crippen molar-refractivity contribution < 1.29 is 4.79 Å². The van der Waals surface area contributed by atoms with Crippen LogP contribution in [-0.4, -0.2) is 20.3 Å². The summed E-state index contributed by atoms with van der Waals surface area (Å²) in [4.78, 5) is 20.2. The van der Waals surface area contributed by atoms with Gasteiger partial charge in [0, 0.05) is 6.20 Å². The van der Waals surface area contributed by atoms with Gasteiger partial charge < -0.3 is 0 Å². The molecule has 4 nitrogen and oxygen atoms in total. The lowest BCUT2D eigenvalue weighted by molar-refractivity contribution is 0.101. The Morgan fingerprint density at radius 2 is 1.94 bits per heavy atom. The molecule has 0 amide bonds. The Kier molecular flexibility index (Phi) is 2.41. The number of hydrogen-bond acceptors (Lipinski definition) is 3. The molecule has 4 heteroatoms. The Bertz CT molecular complexity index is 730. The molecule has 0 radical (unpaired) electrons. The number of Topliss-reactive ketones (excluding diaryl/α,β-unsaturated/α-hetero) is 1. The third-order valence-corrected chi connectivity index (χ3v) is 2.85. The van der Waals surface area contributed by atoms with Gasteiger partial charge in [-0.25, -0.2) is 9.97 Å². The van der Waals surface area contributed by atoms with E-state index in [1.165, 1.54) is 0 Å². The first-order chi connectivity index (χ1) is 8.77. The molecule has 0 spiro atoms. The summed E-state index contributed by atoms with van der Waals surface area (Å²) in [6, 6.07) is 11.3. The molecule has 1 aromatic carbocycles. The summed E-state index contributed by atoms with van der Waals surface area (Å²) in [6.07, 6.45) is 3.37. The highest BCUT2D eigenvalue weighted by Gasteiger charge is 2.12. The maximum Gasteiger partial charge on any atom is 0.163 e. The molecule has 0 atom stereocenters. The Morgan fingerprint density at radius 1 is 1.11 bits per heavy atom. The Labute approximate surface area is 104 Å². The van der Waals surface area contributed by atoms with Crippen LogP contribution in [0.1, 0.15) is 17.3 Å². The number of nitrogens with zero attached hydrogens (tertiary/aromatic N) is 3. The lowest BCUT2D eigenvalue weighted by Crippen LogP contribution is -2.04. The van der Waals surface area contributed by atoms with Crippen LogP contribution in [0, 0.1) is 0 Å². The van der Waals surface area contributed by atoms with Crippen LogP contribution in [0.4, 0.5) is 0 Å². The van der Waals surface area contributed by atoms with Crippen molar-refractivity contribution in [3.05, 3.63) is 54.5 Å². The second-order valence-corrected chi connectivity index (χ2v) is 4.03. The first kappa shape index (κ1) is 10.7. The number of para-hydroxylation sites is 2. The normalized spacial score (nSPS) is 10.7. The van der Waals surface area contributed by atoms with Crippen molar-refractivity contribution in [3.8, 4) is 5.82 Å². The summed E-state index contributed by atoms with van der Waals surface area (Å²) in [5, 5.41) is 0. The quantitative estimate of drug-likeness (QED) is 0.644. The van der Waals surface area contributed by atoms with Crippen LogP contribution < -0.4 is 0 Å². The van der Waals surface area contributed by atoms with Gasteiger partial charge in [-0.2, -0.15) is 0 Å². The van der Waals surface area contributed by atoms with E-state index in [9.17, 15) is 4.79 Å². The van der Waals surface area contributed by atoms with Crippen LogP contribution in [0.2, 0.25) is 0 Å². The molecule has 0 unspecified atom stereocenters. The predicted octanol–water partition coefficient (Wildman–Crippen LogP) is 2.62. The average Bonchev–Trinajstić information content (AvgIpc) is 2.82. The number of carbonyl (C=O) groups is 1. The van der Waals surface area contributed by atoms with Crippen LogP contribution in [0.25, 0.3) is 16.9 Å². The van der Waals surface area contributed by atoms with E-state index in [2.05, 4.69) is 9.97 Å². The lowest BCUT2D eigenvalue weighted by Gasteiger charge is -2.07. The van der Waals surface area contributed by atoms with E-state index in [1.54, 1.807) is 31.6 Å². The van der Waals surface area contributed by atoms with Crippen molar-refractivity contribution in [3.63, 3.8) is 0 Å². The minimum Gasteiger partial charge on any atom is -0.294 e. The molecule has 0 bridgehead atoms. The molecule has 0 aliphatic rings. The van der Waals surface area contributed by atoms with Crippen molar-refractivity contribution >= 4 is 16.8 Å². The molecule has 0 saturated carbocycles. The number of aromatic nitrogens is 3. The van der Waals surface area contributed by atoms with Gasteiger partial charge in [0.15, 0.2) is 5.78 Å². The number of hydrogen-bond donors (Lipinski definition) is 0. The molecule has 3 rings (SSSR count). The predicted molar refractivity (Wildman–Crippen MR) is 68.9 cm³/mol. The van der Waals surface area contributed by atoms with Gasteiger partial charge in [-0.15, -0.1) is 0 Å². The molecule has 3 aromatic rings. The van der Waals surface area contributed by atoms with Gasteiger partial charge in [-0.1, -0.05) is 12.1 Å². The fourth-order valence-electron chi connectivity index (χ4n) is 1.99. The smallest absolute Gasteiger partial charge is 0.163 e. The van der Waals surface area contributed by atoms with E-state index < -0.39 is 0 Å². The molecule has 0 saturated heterocycles. The van der Waals surface area contributed by atoms with E-state index in [4.69, 9.17) is 0 Å². The highest BCUT2D eigenvalue weighted by molar-refractivity contribution is 5.97. The van der Waals surface area contributed by atoms with Crippen molar-refractivity contribution in [2.75, 3.05) is 0 Å². The van der Waals surface area contributed by atoms with Crippen LogP contribution >= 0.6 is 0 Å². The monoisotopic (exact) mass is 237 g/mol. The summed E-state index contributed by atoms with van der Waals surface area (Å²) in [6.45, 7) is 1.54. The zero-order chi connectivity index (χ0) is 12.5. The van der Waals surface area contributed by atoms with Crippen molar-refractivity contribution in [2.24, 2.45) is 0 Å². The topological polar surface area (TPSA) is 47.8 Å². The third kappa shape index (κ3) is 1.59. The molecule has 0 N–H and O–H groups in total. The summed E-state index contributed by atoms with van der Waals surface area (Å²) >= 11 is 0. The molecule has 2 heterocycles. The molecule has 88 valence electrons. The standard InChI is InChI=1S/C14H11N3O/c1-10(18)11-5-4-8-15-14(11)17-9-16-12-6-2-3-7-13(12)17/h2-9H,1H3. The molecule has 0 aliphatic heterocycles. The maximum atomic E-state index is 11.6. The van der Waals surface area contributed by atoms with Crippen molar-refractivity contribution in [1.29, 1.82) is 0 Å². The number of pyridine rings is 1. The van der Waals surface area contributed by atoms with E-state index >= 15 is 0 Å². The number of imidazole rings is 1. The van der Waals surface area contributed by atoms with Crippen molar-refractivity contribution in [1.82, 2.24) is 14.5 Å². The largest absolute Gasteiger partial charge is 0.294 e. The van der Waals surface area contributed by atoms with Crippen LogP contribution in [0.5, 0.6) is 0 Å². The first-order valence-electron chi connectivity index (χ1n) is 5.66. The van der Waals surface area contributed by atoms with E-state index in [-0.39, 0.29) is 5.78 Å². The summed E-state index contributed by atoms with van der Waals surface area (Å²) < 4.78 is 1.84. The van der Waals surface area contributed by atoms with E-state index in [1.807, 2.05) is 28.8 Å². The highest BCUT2D eigenvalue weighted by atomic mass is 16.1.